The van der Waals surface area contributed by atoms with Crippen LogP contribution in [0.2, 0.25) is 0 Å². The first-order chi connectivity index (χ1) is 6.15. The number of allylic oxidation sites excluding steroid dienone is 4. The Morgan fingerprint density at radius 1 is 1.54 bits per heavy atom. The second-order valence-electron chi connectivity index (χ2n) is 2.85. The molecule has 13 heavy (non-hydrogen) atoms. The summed E-state index contributed by atoms with van der Waals surface area (Å²) in [4.78, 5) is 11.8. The predicted octanol–water partition coefficient (Wildman–Crippen LogP) is 1.06. The molecule has 1 atom stereocenters. The highest BCUT2D eigenvalue weighted by Crippen LogP contribution is 2.21. The van der Waals surface area contributed by atoms with Crippen LogP contribution in [0.4, 0.5) is 0 Å². The number of hydrogen-bond acceptors (Lipinski definition) is 3. The topological polar surface area (TPSA) is 52.2 Å². The number of carbonyl (C=O) groups is 1. The summed E-state index contributed by atoms with van der Waals surface area (Å²) in [5, 5.41) is 0. The van der Waals surface area contributed by atoms with Gasteiger partial charge in [-0.1, -0.05) is 6.08 Å². The zero-order valence-electron chi connectivity index (χ0n) is 7.79. The van der Waals surface area contributed by atoms with Gasteiger partial charge in [-0.2, -0.15) is 0 Å². The standard InChI is InChI=1S/C9H13NO2S/c1-7(11)8-3-5-9(6-4-8)13(12)10-2/h3,5,10H,4,6H2,1-2H3. The van der Waals surface area contributed by atoms with Crippen LogP contribution in [0, 0.1) is 0 Å². The van der Waals surface area contributed by atoms with Crippen molar-refractivity contribution >= 4 is 17.1 Å². The van der Waals surface area contributed by atoms with Crippen molar-refractivity contribution in [3.63, 3.8) is 0 Å². The van der Waals surface area contributed by atoms with Crippen LogP contribution in [-0.2, 0) is 16.2 Å². The lowest BCUT2D eigenvalue weighted by atomic mass is 10.0. The fraction of sp³-hybridized carbons (Fsp3) is 0.444. The Morgan fingerprint density at radius 3 is 2.62 bits per heavy atom. The van der Waals surface area contributed by atoms with Gasteiger partial charge in [0.25, 0.3) is 0 Å². The summed E-state index contributed by atoms with van der Waals surface area (Å²) in [6.07, 6.45) is 4.94. The zero-order valence-corrected chi connectivity index (χ0v) is 8.61. The van der Waals surface area contributed by atoms with Crippen LogP contribution in [0.5, 0.6) is 0 Å². The van der Waals surface area contributed by atoms with E-state index in [1.54, 1.807) is 26.1 Å². The third-order valence-electron chi connectivity index (χ3n) is 1.99. The van der Waals surface area contributed by atoms with Gasteiger partial charge in [0.1, 0.15) is 0 Å². The summed E-state index contributed by atoms with van der Waals surface area (Å²) in [6, 6.07) is 0. The molecule has 1 N–H and O–H groups in total. The van der Waals surface area contributed by atoms with E-state index in [1.807, 2.05) is 0 Å². The first kappa shape index (κ1) is 10.5. The van der Waals surface area contributed by atoms with Crippen molar-refractivity contribution < 1.29 is 9.35 Å². The molecule has 4 heteroatoms. The van der Waals surface area contributed by atoms with Gasteiger partial charge in [-0.3, -0.25) is 4.79 Å². The number of ketones is 1. The number of Topliss-reactive ketones (excluding diaryl/α,β-unsaturated/α-hetero) is 1. The molecule has 1 rings (SSSR count). The van der Waals surface area contributed by atoms with E-state index in [0.29, 0.717) is 12.8 Å². The van der Waals surface area contributed by atoms with Crippen molar-refractivity contribution in [2.24, 2.45) is 0 Å². The smallest absolute Gasteiger partial charge is 0.155 e. The van der Waals surface area contributed by atoms with Crippen molar-refractivity contribution in [2.75, 3.05) is 7.05 Å². The number of nitrogens with one attached hydrogen (secondary N) is 1. The maximum atomic E-state index is 11.3. The Balaban J connectivity index is 2.70. The zero-order chi connectivity index (χ0) is 9.84. The molecular weight excluding hydrogens is 186 g/mol. The van der Waals surface area contributed by atoms with E-state index >= 15 is 0 Å². The summed E-state index contributed by atoms with van der Waals surface area (Å²) in [6.45, 7) is 1.56. The average molecular weight is 199 g/mol. The predicted molar refractivity (Wildman–Crippen MR) is 53.3 cm³/mol. The van der Waals surface area contributed by atoms with Crippen LogP contribution in [0.1, 0.15) is 19.8 Å². The number of hydrogen-bond donors (Lipinski definition) is 1. The second kappa shape index (κ2) is 4.60. The normalized spacial score (nSPS) is 19.0. The Bertz CT molecular complexity index is 271. The first-order valence-electron chi connectivity index (χ1n) is 4.15. The highest BCUT2D eigenvalue weighted by Gasteiger charge is 2.17. The molecule has 0 fully saturated rings. The number of carbonyl (C=O) groups excluding carboxylic acids is 1. The molecule has 0 radical (unpaired) electrons. The maximum absolute atomic E-state index is 11.3. The van der Waals surface area contributed by atoms with Gasteiger partial charge in [-0.05, 0) is 25.0 Å². The van der Waals surface area contributed by atoms with E-state index in [2.05, 4.69) is 4.72 Å². The van der Waals surface area contributed by atoms with E-state index in [9.17, 15) is 9.35 Å². The fourth-order valence-corrected chi connectivity index (χ4v) is 1.94. The molecule has 0 aromatic rings. The Kier molecular flexibility index (Phi) is 3.71. The summed E-state index contributed by atoms with van der Waals surface area (Å²) in [5.41, 5.74) is 0.817. The molecule has 1 aliphatic rings. The van der Waals surface area contributed by atoms with E-state index in [-0.39, 0.29) is 5.78 Å². The number of rotatable bonds is 3. The monoisotopic (exact) mass is 199 g/mol. The van der Waals surface area contributed by atoms with Gasteiger partial charge >= 0.3 is 0 Å². The van der Waals surface area contributed by atoms with Gasteiger partial charge in [-0.15, -0.1) is 4.72 Å². The van der Waals surface area contributed by atoms with Crippen molar-refractivity contribution in [1.82, 2.24) is 4.72 Å². The van der Waals surface area contributed by atoms with Gasteiger partial charge in [0.05, 0.1) is 11.4 Å². The molecule has 0 saturated carbocycles. The Labute approximate surface area is 81.2 Å². The molecule has 0 aliphatic heterocycles. The van der Waals surface area contributed by atoms with E-state index in [4.69, 9.17) is 0 Å². The molecule has 0 amide bonds. The molecule has 1 unspecified atom stereocenters. The first-order valence-corrected chi connectivity index (χ1v) is 5.30. The van der Waals surface area contributed by atoms with Crippen LogP contribution in [-0.4, -0.2) is 17.4 Å². The van der Waals surface area contributed by atoms with Gasteiger partial charge < -0.3 is 4.55 Å². The third-order valence-corrected chi connectivity index (χ3v) is 3.17. The molecule has 0 bridgehead atoms. The van der Waals surface area contributed by atoms with Crippen LogP contribution in [0.3, 0.4) is 0 Å². The van der Waals surface area contributed by atoms with Crippen molar-refractivity contribution in [3.05, 3.63) is 22.6 Å². The molecule has 0 aromatic carbocycles. The van der Waals surface area contributed by atoms with Gasteiger partial charge in [0, 0.05) is 13.5 Å². The SMILES string of the molecule is CN[S+]([O-])C1=CC=C(C(C)=O)CC1. The molecule has 0 heterocycles. The van der Waals surface area contributed by atoms with Crippen LogP contribution in [0.25, 0.3) is 0 Å². The summed E-state index contributed by atoms with van der Waals surface area (Å²) in [7, 11) is 1.65. The maximum Gasteiger partial charge on any atom is 0.155 e. The molecule has 0 spiro atoms. The van der Waals surface area contributed by atoms with Gasteiger partial charge in [0.2, 0.25) is 0 Å². The minimum atomic E-state index is -1.09. The minimum Gasteiger partial charge on any atom is -0.593 e. The minimum absolute atomic E-state index is 0.102. The molecular formula is C9H13NO2S. The molecule has 72 valence electrons. The third kappa shape index (κ3) is 2.69. The quantitative estimate of drug-likeness (QED) is 0.691. The van der Waals surface area contributed by atoms with Gasteiger partial charge in [0.15, 0.2) is 10.7 Å². The largest absolute Gasteiger partial charge is 0.593 e. The van der Waals surface area contributed by atoms with Crippen LogP contribution < -0.4 is 4.72 Å². The van der Waals surface area contributed by atoms with Crippen molar-refractivity contribution in [1.29, 1.82) is 0 Å². The molecule has 1 aliphatic carbocycles. The summed E-state index contributed by atoms with van der Waals surface area (Å²) < 4.78 is 13.9. The lowest BCUT2D eigenvalue weighted by molar-refractivity contribution is -0.113. The lowest BCUT2D eigenvalue weighted by Gasteiger charge is -2.14. The molecule has 3 nitrogen and oxygen atoms in total. The summed E-state index contributed by atoms with van der Waals surface area (Å²) >= 11 is -1.09. The Hall–Kier alpha value is -0.580. The molecule has 0 saturated heterocycles. The average Bonchev–Trinajstić information content (AvgIpc) is 2.17. The van der Waals surface area contributed by atoms with Crippen molar-refractivity contribution in [2.45, 2.75) is 19.8 Å². The van der Waals surface area contributed by atoms with E-state index < -0.39 is 11.4 Å². The highest BCUT2D eigenvalue weighted by molar-refractivity contribution is 7.93. The van der Waals surface area contributed by atoms with E-state index in [0.717, 1.165) is 10.5 Å². The van der Waals surface area contributed by atoms with Gasteiger partial charge in [-0.25, -0.2) is 0 Å². The van der Waals surface area contributed by atoms with Crippen LogP contribution >= 0.6 is 0 Å². The fourth-order valence-electron chi connectivity index (χ4n) is 1.20. The van der Waals surface area contributed by atoms with Crippen LogP contribution in [0.15, 0.2) is 22.6 Å². The van der Waals surface area contributed by atoms with Crippen molar-refractivity contribution in [3.8, 4) is 0 Å². The highest BCUT2D eigenvalue weighted by atomic mass is 32.2. The van der Waals surface area contributed by atoms with E-state index in [1.165, 1.54) is 0 Å². The lowest BCUT2D eigenvalue weighted by Crippen LogP contribution is -2.21. The summed E-state index contributed by atoms with van der Waals surface area (Å²) in [5.74, 6) is 0.102. The Morgan fingerprint density at radius 2 is 2.23 bits per heavy atom. The second-order valence-corrected chi connectivity index (χ2v) is 4.32. The molecule has 0 aromatic heterocycles.